The van der Waals surface area contributed by atoms with Crippen LogP contribution in [0.25, 0.3) is 0 Å². The van der Waals surface area contributed by atoms with Gasteiger partial charge in [-0.2, -0.15) is 11.8 Å². The third kappa shape index (κ3) is 18.2. The molecule has 0 aromatic heterocycles. The molecule has 0 saturated carbocycles. The Morgan fingerprint density at radius 3 is 2.24 bits per heavy atom. The number of rotatable bonds is 13. The number of guanidine groups is 1. The van der Waals surface area contributed by atoms with Crippen LogP contribution >= 0.6 is 35.7 Å². The molecule has 2 N–H and O–H groups in total. The molecule has 0 aliphatic carbocycles. The Hall–Kier alpha value is 0.270. The molecular formula is C14H32IN3O2S. The van der Waals surface area contributed by atoms with E-state index < -0.39 is 0 Å². The summed E-state index contributed by atoms with van der Waals surface area (Å²) in [4.78, 5) is 4.21. The van der Waals surface area contributed by atoms with Gasteiger partial charge in [-0.15, -0.1) is 24.0 Å². The van der Waals surface area contributed by atoms with Crippen molar-refractivity contribution < 1.29 is 9.47 Å². The van der Waals surface area contributed by atoms with Crippen molar-refractivity contribution in [1.29, 1.82) is 0 Å². The molecule has 0 aromatic carbocycles. The maximum Gasteiger partial charge on any atom is 0.190 e. The molecule has 0 spiro atoms. The van der Waals surface area contributed by atoms with Gasteiger partial charge in [0.15, 0.2) is 5.96 Å². The molecule has 0 aliphatic rings. The lowest BCUT2D eigenvalue weighted by molar-refractivity contribution is 0.0689. The third-order valence-corrected chi connectivity index (χ3v) is 3.43. The summed E-state index contributed by atoms with van der Waals surface area (Å²) in [5.41, 5.74) is 0. The Bertz CT molecular complexity index is 234. The third-order valence-electron chi connectivity index (χ3n) is 2.73. The number of hydrogen-bond acceptors (Lipinski definition) is 4. The number of ether oxygens (including phenoxy) is 2. The lowest BCUT2D eigenvalue weighted by Crippen LogP contribution is -2.38. The van der Waals surface area contributed by atoms with Crippen molar-refractivity contribution in [3.63, 3.8) is 0 Å². The molecule has 7 heteroatoms. The average Bonchev–Trinajstić information content (AvgIpc) is 2.47. The predicted octanol–water partition coefficient (Wildman–Crippen LogP) is 2.36. The van der Waals surface area contributed by atoms with Crippen LogP contribution in [-0.4, -0.2) is 65.0 Å². The molecule has 0 saturated heterocycles. The van der Waals surface area contributed by atoms with Crippen LogP contribution in [-0.2, 0) is 9.47 Å². The molecule has 0 aliphatic heterocycles. The van der Waals surface area contributed by atoms with Gasteiger partial charge in [-0.1, -0.05) is 0 Å². The maximum absolute atomic E-state index is 5.41. The topological polar surface area (TPSA) is 54.9 Å². The van der Waals surface area contributed by atoms with Crippen LogP contribution < -0.4 is 10.6 Å². The molecule has 5 nitrogen and oxygen atoms in total. The van der Waals surface area contributed by atoms with Gasteiger partial charge in [-0.25, -0.2) is 0 Å². The number of hydrogen-bond donors (Lipinski definition) is 2. The zero-order valence-corrected chi connectivity index (χ0v) is 16.8. The summed E-state index contributed by atoms with van der Waals surface area (Å²) in [5, 5.41) is 6.64. The Kier molecular flexibility index (Phi) is 22.7. The molecule has 0 rings (SSSR count). The molecule has 128 valence electrons. The fraction of sp³-hybridized carbons (Fsp3) is 0.929. The Morgan fingerprint density at radius 1 is 1.00 bits per heavy atom. The number of nitrogens with zero attached hydrogens (tertiary/aromatic N) is 1. The van der Waals surface area contributed by atoms with Crippen LogP contribution in [0.4, 0.5) is 0 Å². The maximum atomic E-state index is 5.41. The molecule has 0 amide bonds. The van der Waals surface area contributed by atoms with Crippen molar-refractivity contribution >= 4 is 41.7 Å². The van der Waals surface area contributed by atoms with Crippen molar-refractivity contribution in [3.8, 4) is 0 Å². The molecule has 21 heavy (non-hydrogen) atoms. The van der Waals surface area contributed by atoms with Gasteiger partial charge in [0, 0.05) is 33.9 Å². The number of nitrogens with one attached hydrogen (secondary N) is 2. The van der Waals surface area contributed by atoms with E-state index >= 15 is 0 Å². The Morgan fingerprint density at radius 2 is 1.67 bits per heavy atom. The first kappa shape index (κ1) is 23.5. The molecule has 0 bridgehead atoms. The highest BCUT2D eigenvalue weighted by atomic mass is 127. The number of thioether (sulfide) groups is 1. The standard InChI is InChI=1S/C14H31N3O2S.HI/c1-15-14(17-9-5-7-13-20-3)16-8-4-6-10-19-12-11-18-2;/h4-13H2,1-3H3,(H2,15,16,17);1H. The number of aliphatic imine (C=N–C) groups is 1. The smallest absolute Gasteiger partial charge is 0.190 e. The molecule has 0 fully saturated rings. The Balaban J connectivity index is 0. The summed E-state index contributed by atoms with van der Waals surface area (Å²) in [6.45, 7) is 4.07. The van der Waals surface area contributed by atoms with Gasteiger partial charge in [0.2, 0.25) is 0 Å². The summed E-state index contributed by atoms with van der Waals surface area (Å²) in [6, 6.07) is 0. The largest absolute Gasteiger partial charge is 0.382 e. The number of halogens is 1. The van der Waals surface area contributed by atoms with Gasteiger partial charge >= 0.3 is 0 Å². The number of methoxy groups -OCH3 is 1. The average molecular weight is 433 g/mol. The summed E-state index contributed by atoms with van der Waals surface area (Å²) in [7, 11) is 3.50. The van der Waals surface area contributed by atoms with E-state index in [-0.39, 0.29) is 24.0 Å². The van der Waals surface area contributed by atoms with Gasteiger partial charge in [-0.3, -0.25) is 4.99 Å². The summed E-state index contributed by atoms with van der Waals surface area (Å²) >= 11 is 1.90. The lowest BCUT2D eigenvalue weighted by Gasteiger charge is -2.11. The first-order chi connectivity index (χ1) is 9.85. The zero-order valence-electron chi connectivity index (χ0n) is 13.7. The van der Waals surface area contributed by atoms with Crippen molar-refractivity contribution in [2.24, 2.45) is 4.99 Å². The fourth-order valence-corrected chi connectivity index (χ4v) is 2.07. The van der Waals surface area contributed by atoms with Crippen LogP contribution in [0.5, 0.6) is 0 Å². The fourth-order valence-electron chi connectivity index (χ4n) is 1.58. The highest BCUT2D eigenvalue weighted by Crippen LogP contribution is 1.97. The van der Waals surface area contributed by atoms with Gasteiger partial charge in [0.05, 0.1) is 13.2 Å². The lowest BCUT2D eigenvalue weighted by atomic mass is 10.3. The van der Waals surface area contributed by atoms with E-state index in [2.05, 4.69) is 21.9 Å². The first-order valence-electron chi connectivity index (χ1n) is 7.35. The molecular weight excluding hydrogens is 401 g/mol. The van der Waals surface area contributed by atoms with Gasteiger partial charge in [0.25, 0.3) is 0 Å². The highest BCUT2D eigenvalue weighted by molar-refractivity contribution is 14.0. The van der Waals surface area contributed by atoms with Gasteiger partial charge < -0.3 is 20.1 Å². The van der Waals surface area contributed by atoms with Gasteiger partial charge in [-0.05, 0) is 37.7 Å². The molecule has 0 radical (unpaired) electrons. The Labute approximate surface area is 151 Å². The quantitative estimate of drug-likeness (QED) is 0.202. The van der Waals surface area contributed by atoms with Crippen LogP contribution in [0.1, 0.15) is 25.7 Å². The van der Waals surface area contributed by atoms with Crippen LogP contribution in [0, 0.1) is 0 Å². The molecule has 0 aromatic rings. The molecule has 0 atom stereocenters. The van der Waals surface area contributed by atoms with E-state index in [1.54, 1.807) is 7.11 Å². The van der Waals surface area contributed by atoms with Crippen molar-refractivity contribution in [1.82, 2.24) is 10.6 Å². The van der Waals surface area contributed by atoms with E-state index in [1.807, 2.05) is 18.8 Å². The van der Waals surface area contributed by atoms with Crippen molar-refractivity contribution in [2.75, 3.05) is 59.1 Å². The second-order valence-electron chi connectivity index (χ2n) is 4.44. The highest BCUT2D eigenvalue weighted by Gasteiger charge is 1.96. The minimum Gasteiger partial charge on any atom is -0.382 e. The van der Waals surface area contributed by atoms with Crippen LogP contribution in [0.2, 0.25) is 0 Å². The molecule has 0 unspecified atom stereocenters. The zero-order chi connectivity index (χ0) is 14.9. The van der Waals surface area contributed by atoms with Crippen molar-refractivity contribution in [3.05, 3.63) is 0 Å². The van der Waals surface area contributed by atoms with E-state index in [9.17, 15) is 0 Å². The number of unbranched alkanes of at least 4 members (excludes halogenated alkanes) is 2. The minimum absolute atomic E-state index is 0. The van der Waals surface area contributed by atoms with Crippen molar-refractivity contribution in [2.45, 2.75) is 25.7 Å². The normalized spacial score (nSPS) is 11.1. The van der Waals surface area contributed by atoms with E-state index in [1.165, 1.54) is 18.6 Å². The van der Waals surface area contributed by atoms with Crippen LogP contribution in [0.15, 0.2) is 4.99 Å². The van der Waals surface area contributed by atoms with Gasteiger partial charge in [0.1, 0.15) is 0 Å². The monoisotopic (exact) mass is 433 g/mol. The summed E-state index contributed by atoms with van der Waals surface area (Å²) in [6.07, 6.45) is 6.73. The van der Waals surface area contributed by atoms with E-state index in [0.29, 0.717) is 13.2 Å². The second-order valence-corrected chi connectivity index (χ2v) is 5.42. The first-order valence-corrected chi connectivity index (χ1v) is 8.74. The molecule has 0 heterocycles. The summed E-state index contributed by atoms with van der Waals surface area (Å²) < 4.78 is 10.3. The van der Waals surface area contributed by atoms with Crippen LogP contribution in [0.3, 0.4) is 0 Å². The second kappa shape index (κ2) is 20.3. The van der Waals surface area contributed by atoms with E-state index in [0.717, 1.165) is 38.5 Å². The van der Waals surface area contributed by atoms with E-state index in [4.69, 9.17) is 9.47 Å². The SMILES string of the molecule is CN=C(NCCCCOCCOC)NCCCCSC.I. The minimum atomic E-state index is 0. The predicted molar refractivity (Wildman–Crippen MR) is 104 cm³/mol. The summed E-state index contributed by atoms with van der Waals surface area (Å²) in [5.74, 6) is 2.13.